The summed E-state index contributed by atoms with van der Waals surface area (Å²) < 4.78 is 5.65. The third-order valence-corrected chi connectivity index (χ3v) is 3.81. The molecule has 0 radical (unpaired) electrons. The van der Waals surface area contributed by atoms with E-state index in [9.17, 15) is 0 Å². The maximum Gasteiger partial charge on any atom is 0.213 e. The lowest BCUT2D eigenvalue weighted by molar-refractivity contribution is 0.130. The number of piperazine rings is 1. The Kier molecular flexibility index (Phi) is 6.24. The number of nitrogens with two attached hydrogens (primary N) is 1. The normalized spacial score (nSPS) is 17.3. The van der Waals surface area contributed by atoms with Gasteiger partial charge in [-0.15, -0.1) is 0 Å². The van der Waals surface area contributed by atoms with Crippen LogP contribution in [0.5, 0.6) is 5.88 Å². The Balaban J connectivity index is 1.59. The summed E-state index contributed by atoms with van der Waals surface area (Å²) in [7, 11) is 0. The molecule has 0 aromatic carbocycles. The predicted molar refractivity (Wildman–Crippen MR) is 80.8 cm³/mol. The standard InChI is InChI=1S/C15H26N4O/c1-2-18-7-9-19(10-8-18)6-3-11-20-15-5-4-14(12-16)13-17-15/h4-5,13H,2-3,6-12,16H2,1H3. The molecule has 5 nitrogen and oxygen atoms in total. The van der Waals surface area contributed by atoms with Crippen molar-refractivity contribution in [2.75, 3.05) is 45.9 Å². The summed E-state index contributed by atoms with van der Waals surface area (Å²) in [5.74, 6) is 0.693. The van der Waals surface area contributed by atoms with Crippen LogP contribution in [-0.4, -0.2) is 60.7 Å². The van der Waals surface area contributed by atoms with Gasteiger partial charge in [-0.25, -0.2) is 4.98 Å². The molecule has 1 aliphatic rings. The second-order valence-corrected chi connectivity index (χ2v) is 5.19. The molecule has 2 N–H and O–H groups in total. The van der Waals surface area contributed by atoms with Crippen molar-refractivity contribution in [1.82, 2.24) is 14.8 Å². The van der Waals surface area contributed by atoms with Crippen LogP contribution < -0.4 is 10.5 Å². The van der Waals surface area contributed by atoms with Crippen LogP contribution in [0.2, 0.25) is 0 Å². The molecule has 1 fully saturated rings. The van der Waals surface area contributed by atoms with Gasteiger partial charge in [0.2, 0.25) is 5.88 Å². The van der Waals surface area contributed by atoms with E-state index in [-0.39, 0.29) is 0 Å². The van der Waals surface area contributed by atoms with Gasteiger partial charge < -0.3 is 20.3 Å². The van der Waals surface area contributed by atoms with Crippen molar-refractivity contribution in [3.63, 3.8) is 0 Å². The first-order chi connectivity index (χ1) is 9.81. The highest BCUT2D eigenvalue weighted by Gasteiger charge is 2.14. The van der Waals surface area contributed by atoms with Crippen LogP contribution in [0.25, 0.3) is 0 Å². The average Bonchev–Trinajstić information content (AvgIpc) is 2.53. The van der Waals surface area contributed by atoms with Crippen molar-refractivity contribution in [2.24, 2.45) is 5.73 Å². The Morgan fingerprint density at radius 3 is 2.55 bits per heavy atom. The molecule has 1 aromatic heterocycles. The molecule has 0 aliphatic carbocycles. The molecule has 2 rings (SSSR count). The van der Waals surface area contributed by atoms with E-state index in [1.807, 2.05) is 12.1 Å². The molecular weight excluding hydrogens is 252 g/mol. The van der Waals surface area contributed by atoms with Crippen molar-refractivity contribution >= 4 is 0 Å². The van der Waals surface area contributed by atoms with E-state index < -0.39 is 0 Å². The number of aromatic nitrogens is 1. The van der Waals surface area contributed by atoms with Crippen LogP contribution in [-0.2, 0) is 6.54 Å². The Labute approximate surface area is 121 Å². The molecule has 112 valence electrons. The largest absolute Gasteiger partial charge is 0.478 e. The maximum atomic E-state index is 5.65. The highest BCUT2D eigenvalue weighted by molar-refractivity contribution is 5.17. The smallest absolute Gasteiger partial charge is 0.213 e. The number of nitrogens with zero attached hydrogens (tertiary/aromatic N) is 3. The van der Waals surface area contributed by atoms with Crippen molar-refractivity contribution in [3.8, 4) is 5.88 Å². The third kappa shape index (κ3) is 4.74. The summed E-state index contributed by atoms with van der Waals surface area (Å²) in [5.41, 5.74) is 6.57. The molecular formula is C15H26N4O. The van der Waals surface area contributed by atoms with E-state index in [0.717, 1.165) is 25.1 Å². The zero-order valence-corrected chi connectivity index (χ0v) is 12.4. The average molecular weight is 278 g/mol. The first-order valence-corrected chi connectivity index (χ1v) is 7.54. The van der Waals surface area contributed by atoms with E-state index in [1.54, 1.807) is 6.20 Å². The molecule has 0 bridgehead atoms. The predicted octanol–water partition coefficient (Wildman–Crippen LogP) is 0.947. The minimum absolute atomic E-state index is 0.525. The van der Waals surface area contributed by atoms with Crippen LogP contribution in [0.1, 0.15) is 18.9 Å². The molecule has 1 aliphatic heterocycles. The first-order valence-electron chi connectivity index (χ1n) is 7.54. The molecule has 0 saturated carbocycles. The first kappa shape index (κ1) is 15.2. The Morgan fingerprint density at radius 2 is 1.95 bits per heavy atom. The summed E-state index contributed by atoms with van der Waals surface area (Å²) in [5, 5.41) is 0. The minimum Gasteiger partial charge on any atom is -0.478 e. The Bertz CT molecular complexity index is 374. The van der Waals surface area contributed by atoms with E-state index in [1.165, 1.54) is 32.7 Å². The summed E-state index contributed by atoms with van der Waals surface area (Å²) >= 11 is 0. The maximum absolute atomic E-state index is 5.65. The van der Waals surface area contributed by atoms with Crippen LogP contribution in [0.15, 0.2) is 18.3 Å². The molecule has 0 spiro atoms. The van der Waals surface area contributed by atoms with E-state index >= 15 is 0 Å². The topological polar surface area (TPSA) is 54.6 Å². The Hall–Kier alpha value is -1.17. The number of rotatable bonds is 7. The number of likely N-dealkylation sites (N-methyl/N-ethyl adjacent to an activating group) is 1. The van der Waals surface area contributed by atoms with Crippen molar-refractivity contribution in [2.45, 2.75) is 19.9 Å². The minimum atomic E-state index is 0.525. The van der Waals surface area contributed by atoms with Gasteiger partial charge in [-0.3, -0.25) is 0 Å². The second kappa shape index (κ2) is 8.19. The third-order valence-electron chi connectivity index (χ3n) is 3.81. The second-order valence-electron chi connectivity index (χ2n) is 5.19. The molecule has 5 heteroatoms. The molecule has 20 heavy (non-hydrogen) atoms. The van der Waals surface area contributed by atoms with Gasteiger partial charge in [0.25, 0.3) is 0 Å². The van der Waals surface area contributed by atoms with Gasteiger partial charge in [-0.2, -0.15) is 0 Å². The summed E-state index contributed by atoms with van der Waals surface area (Å²) in [4.78, 5) is 9.24. The van der Waals surface area contributed by atoms with Gasteiger partial charge in [0.15, 0.2) is 0 Å². The molecule has 0 unspecified atom stereocenters. The Morgan fingerprint density at radius 1 is 1.20 bits per heavy atom. The zero-order valence-electron chi connectivity index (χ0n) is 12.4. The van der Waals surface area contributed by atoms with Gasteiger partial charge in [0.05, 0.1) is 6.61 Å². The summed E-state index contributed by atoms with van der Waals surface area (Å²) in [6, 6.07) is 3.86. The summed E-state index contributed by atoms with van der Waals surface area (Å²) in [6.45, 7) is 10.5. The van der Waals surface area contributed by atoms with Gasteiger partial charge in [0, 0.05) is 51.5 Å². The number of ether oxygens (including phenoxy) is 1. The van der Waals surface area contributed by atoms with Crippen molar-refractivity contribution in [3.05, 3.63) is 23.9 Å². The number of hydrogen-bond donors (Lipinski definition) is 1. The SMILES string of the molecule is CCN1CCN(CCCOc2ccc(CN)cn2)CC1. The van der Waals surface area contributed by atoms with Crippen LogP contribution in [0.3, 0.4) is 0 Å². The van der Waals surface area contributed by atoms with Crippen molar-refractivity contribution in [1.29, 1.82) is 0 Å². The molecule has 1 aromatic rings. The van der Waals surface area contributed by atoms with Crippen LogP contribution >= 0.6 is 0 Å². The van der Waals surface area contributed by atoms with Gasteiger partial charge in [-0.05, 0) is 18.5 Å². The van der Waals surface area contributed by atoms with Crippen LogP contribution in [0.4, 0.5) is 0 Å². The highest BCUT2D eigenvalue weighted by Crippen LogP contribution is 2.08. The lowest BCUT2D eigenvalue weighted by atomic mass is 10.3. The monoisotopic (exact) mass is 278 g/mol. The zero-order chi connectivity index (χ0) is 14.2. The van der Waals surface area contributed by atoms with Crippen LogP contribution in [0, 0.1) is 0 Å². The summed E-state index contributed by atoms with van der Waals surface area (Å²) in [6.07, 6.45) is 2.83. The van der Waals surface area contributed by atoms with Gasteiger partial charge >= 0.3 is 0 Å². The van der Waals surface area contributed by atoms with Gasteiger partial charge in [0.1, 0.15) is 0 Å². The van der Waals surface area contributed by atoms with Crippen molar-refractivity contribution < 1.29 is 4.74 Å². The fraction of sp³-hybridized carbons (Fsp3) is 0.667. The molecule has 0 amide bonds. The molecule has 1 saturated heterocycles. The molecule has 0 atom stereocenters. The lowest BCUT2D eigenvalue weighted by Crippen LogP contribution is -2.46. The highest BCUT2D eigenvalue weighted by atomic mass is 16.5. The number of hydrogen-bond acceptors (Lipinski definition) is 5. The van der Waals surface area contributed by atoms with E-state index in [0.29, 0.717) is 12.4 Å². The fourth-order valence-corrected chi connectivity index (χ4v) is 2.41. The fourth-order valence-electron chi connectivity index (χ4n) is 2.41. The van der Waals surface area contributed by atoms with E-state index in [2.05, 4.69) is 21.7 Å². The lowest BCUT2D eigenvalue weighted by Gasteiger charge is -2.33. The quantitative estimate of drug-likeness (QED) is 0.753. The number of pyridine rings is 1. The van der Waals surface area contributed by atoms with E-state index in [4.69, 9.17) is 10.5 Å². The van der Waals surface area contributed by atoms with Gasteiger partial charge in [-0.1, -0.05) is 13.0 Å². The molecule has 2 heterocycles.